The minimum atomic E-state index is 0.525. The van der Waals surface area contributed by atoms with Crippen LogP contribution in [0.3, 0.4) is 0 Å². The topological polar surface area (TPSA) is 88.2 Å². The third-order valence-corrected chi connectivity index (χ3v) is 7.62. The molecule has 0 N–H and O–H groups in total. The molecule has 0 saturated carbocycles. The van der Waals surface area contributed by atoms with Crippen molar-refractivity contribution in [3.63, 3.8) is 0 Å². The highest BCUT2D eigenvalue weighted by atomic mass is 79.9. The van der Waals surface area contributed by atoms with Crippen molar-refractivity contribution in [2.75, 3.05) is 0 Å². The summed E-state index contributed by atoms with van der Waals surface area (Å²) in [6.45, 7) is 0. The molecule has 0 aliphatic carbocycles. The fraction of sp³-hybridized carbons (Fsp3) is 0. The van der Waals surface area contributed by atoms with Crippen LogP contribution in [0.15, 0.2) is 132 Å². The van der Waals surface area contributed by atoms with E-state index >= 15 is 0 Å². The Balaban J connectivity index is 1.37. The molecule has 0 unspecified atom stereocenters. The molecule has 0 fully saturated rings. The summed E-state index contributed by atoms with van der Waals surface area (Å²) in [6.07, 6.45) is 5.41. The first kappa shape index (κ1) is 26.3. The third kappa shape index (κ3) is 5.40. The van der Waals surface area contributed by atoms with E-state index in [4.69, 9.17) is 15.0 Å². The minimum absolute atomic E-state index is 0.525. The van der Waals surface area contributed by atoms with Gasteiger partial charge in [0.25, 0.3) is 0 Å². The molecule has 202 valence electrons. The van der Waals surface area contributed by atoms with Crippen LogP contribution in [0.5, 0.6) is 0 Å². The molecule has 0 aliphatic heterocycles. The summed E-state index contributed by atoms with van der Waals surface area (Å²) in [7, 11) is 0. The Morgan fingerprint density at radius 2 is 1.21 bits per heavy atom. The van der Waals surface area contributed by atoms with Crippen LogP contribution in [0.2, 0.25) is 0 Å². The van der Waals surface area contributed by atoms with Crippen LogP contribution in [0.1, 0.15) is 5.56 Å². The smallest absolute Gasteiger partial charge is 0.164 e. The largest absolute Gasteiger partial charge is 0.264 e. The zero-order valence-corrected chi connectivity index (χ0v) is 24.3. The number of benzene rings is 4. The molecular weight excluding hydrogens is 596 g/mol. The molecule has 0 spiro atoms. The Kier molecular flexibility index (Phi) is 6.96. The first-order valence-corrected chi connectivity index (χ1v) is 14.4. The summed E-state index contributed by atoms with van der Waals surface area (Å²) < 4.78 is 0.906. The van der Waals surface area contributed by atoms with Crippen LogP contribution >= 0.6 is 15.9 Å². The van der Waals surface area contributed by atoms with Gasteiger partial charge < -0.3 is 0 Å². The lowest BCUT2D eigenvalue weighted by atomic mass is 9.98. The summed E-state index contributed by atoms with van der Waals surface area (Å²) in [5.41, 5.74) is 8.19. The standard InChI is InChI=1S/C36H21BrN6/c37-30-19-28(31-5-1-7-33-32(31)6-3-17-40-33)18-29(20-30)36-42-34(25-10-8-23(21-38)9-11-25)41-35(43-36)26-14-12-24(13-15-26)27-4-2-16-39-22-27/h1-20,22H. The predicted octanol–water partition coefficient (Wildman–Crippen LogP) is 8.78. The quantitative estimate of drug-likeness (QED) is 0.192. The van der Waals surface area contributed by atoms with Crippen LogP contribution in [0.4, 0.5) is 0 Å². The van der Waals surface area contributed by atoms with E-state index < -0.39 is 0 Å². The van der Waals surface area contributed by atoms with Crippen molar-refractivity contribution >= 4 is 26.8 Å². The highest BCUT2D eigenvalue weighted by Gasteiger charge is 2.15. The van der Waals surface area contributed by atoms with Crippen molar-refractivity contribution in [3.05, 3.63) is 138 Å². The van der Waals surface area contributed by atoms with Crippen molar-refractivity contribution in [1.29, 1.82) is 5.26 Å². The number of hydrogen-bond acceptors (Lipinski definition) is 6. The fourth-order valence-electron chi connectivity index (χ4n) is 5.03. The maximum Gasteiger partial charge on any atom is 0.164 e. The van der Waals surface area contributed by atoms with Crippen LogP contribution in [0, 0.1) is 11.3 Å². The van der Waals surface area contributed by atoms with Crippen LogP contribution in [-0.2, 0) is 0 Å². The second-order valence-electron chi connectivity index (χ2n) is 9.92. The molecule has 0 atom stereocenters. The van der Waals surface area contributed by atoms with Crippen LogP contribution in [-0.4, -0.2) is 24.9 Å². The normalized spacial score (nSPS) is 10.9. The molecule has 0 saturated heterocycles. The van der Waals surface area contributed by atoms with Gasteiger partial charge in [0, 0.05) is 45.1 Å². The molecule has 0 radical (unpaired) electrons. The maximum absolute atomic E-state index is 9.30. The first-order valence-electron chi connectivity index (χ1n) is 13.6. The lowest BCUT2D eigenvalue weighted by Crippen LogP contribution is -2.00. The van der Waals surface area contributed by atoms with Gasteiger partial charge in [0.05, 0.1) is 17.1 Å². The Hall–Kier alpha value is -5.58. The van der Waals surface area contributed by atoms with E-state index in [9.17, 15) is 5.26 Å². The maximum atomic E-state index is 9.30. The van der Waals surface area contributed by atoms with Gasteiger partial charge in [-0.05, 0) is 82.9 Å². The molecular formula is C36H21BrN6. The van der Waals surface area contributed by atoms with Gasteiger partial charge in [-0.1, -0.05) is 64.5 Å². The van der Waals surface area contributed by atoms with Gasteiger partial charge in [-0.3, -0.25) is 9.97 Å². The molecule has 0 aliphatic rings. The van der Waals surface area contributed by atoms with Crippen molar-refractivity contribution in [2.45, 2.75) is 0 Å². The third-order valence-electron chi connectivity index (χ3n) is 7.16. The average molecular weight is 618 g/mol. The number of aromatic nitrogens is 5. The number of nitrogens with zero attached hydrogens (tertiary/aromatic N) is 6. The molecule has 0 amide bonds. The van der Waals surface area contributed by atoms with Gasteiger partial charge in [-0.25, -0.2) is 15.0 Å². The molecule has 7 rings (SSSR count). The fourth-order valence-corrected chi connectivity index (χ4v) is 5.52. The van der Waals surface area contributed by atoms with Crippen LogP contribution < -0.4 is 0 Å². The van der Waals surface area contributed by atoms with E-state index in [-0.39, 0.29) is 0 Å². The highest BCUT2D eigenvalue weighted by Crippen LogP contribution is 2.34. The van der Waals surface area contributed by atoms with Gasteiger partial charge >= 0.3 is 0 Å². The van der Waals surface area contributed by atoms with Gasteiger partial charge in [0.15, 0.2) is 17.5 Å². The second kappa shape index (κ2) is 11.4. The van der Waals surface area contributed by atoms with E-state index in [2.05, 4.69) is 56.2 Å². The van der Waals surface area contributed by atoms with E-state index in [1.165, 1.54) is 0 Å². The number of hydrogen-bond donors (Lipinski definition) is 0. The lowest BCUT2D eigenvalue weighted by Gasteiger charge is -2.12. The Morgan fingerprint density at radius 3 is 1.91 bits per heavy atom. The summed E-state index contributed by atoms with van der Waals surface area (Å²) in [4.78, 5) is 23.5. The van der Waals surface area contributed by atoms with Gasteiger partial charge in [0.1, 0.15) is 0 Å². The van der Waals surface area contributed by atoms with E-state index in [1.807, 2.05) is 79.0 Å². The SMILES string of the molecule is N#Cc1ccc(-c2nc(-c3ccc(-c4cccnc4)cc3)nc(-c3cc(Br)cc(-c4cccc5ncccc45)c3)n2)cc1. The second-order valence-corrected chi connectivity index (χ2v) is 10.8. The van der Waals surface area contributed by atoms with E-state index in [0.717, 1.165) is 54.3 Å². The van der Waals surface area contributed by atoms with E-state index in [0.29, 0.717) is 23.0 Å². The highest BCUT2D eigenvalue weighted by molar-refractivity contribution is 9.10. The first-order chi connectivity index (χ1) is 21.1. The molecule has 7 heteroatoms. The lowest BCUT2D eigenvalue weighted by molar-refractivity contribution is 1.07. The number of pyridine rings is 2. The summed E-state index contributed by atoms with van der Waals surface area (Å²) in [5.74, 6) is 1.62. The van der Waals surface area contributed by atoms with E-state index in [1.54, 1.807) is 24.5 Å². The number of rotatable bonds is 5. The van der Waals surface area contributed by atoms with Crippen LogP contribution in [0.25, 0.3) is 67.3 Å². The molecule has 3 heterocycles. The van der Waals surface area contributed by atoms with Gasteiger partial charge in [-0.2, -0.15) is 5.26 Å². The Morgan fingerprint density at radius 1 is 0.558 bits per heavy atom. The number of nitriles is 1. The Bertz CT molecular complexity index is 2130. The molecule has 0 bridgehead atoms. The average Bonchev–Trinajstić information content (AvgIpc) is 3.08. The monoisotopic (exact) mass is 616 g/mol. The molecule has 7 aromatic rings. The zero-order valence-electron chi connectivity index (χ0n) is 22.7. The minimum Gasteiger partial charge on any atom is -0.264 e. The summed E-state index contributed by atoms with van der Waals surface area (Å²) in [5, 5.41) is 10.4. The number of halogens is 1. The van der Waals surface area contributed by atoms with Gasteiger partial charge in [-0.15, -0.1) is 0 Å². The van der Waals surface area contributed by atoms with Gasteiger partial charge in [0.2, 0.25) is 0 Å². The Labute approximate surface area is 256 Å². The van der Waals surface area contributed by atoms with Crippen molar-refractivity contribution in [1.82, 2.24) is 24.9 Å². The van der Waals surface area contributed by atoms with Crippen molar-refractivity contribution in [2.24, 2.45) is 0 Å². The van der Waals surface area contributed by atoms with Crippen molar-refractivity contribution < 1.29 is 0 Å². The molecule has 4 aromatic carbocycles. The molecule has 43 heavy (non-hydrogen) atoms. The predicted molar refractivity (Wildman–Crippen MR) is 173 cm³/mol. The zero-order chi connectivity index (χ0) is 29.2. The molecule has 3 aromatic heterocycles. The summed E-state index contributed by atoms with van der Waals surface area (Å²) in [6, 6.07) is 37.9. The summed E-state index contributed by atoms with van der Waals surface area (Å²) >= 11 is 3.72. The number of fused-ring (bicyclic) bond motifs is 1. The van der Waals surface area contributed by atoms with Crippen molar-refractivity contribution in [3.8, 4) is 62.5 Å². The molecule has 6 nitrogen and oxygen atoms in total.